The number of rotatable bonds is 6. The van der Waals surface area contributed by atoms with Crippen LogP contribution in [0.4, 0.5) is 16.2 Å². The largest absolute Gasteiger partial charge is 0.497 e. The molecular formula is C25H21N5O3. The van der Waals surface area contributed by atoms with Crippen molar-refractivity contribution in [2.24, 2.45) is 5.10 Å². The van der Waals surface area contributed by atoms with Gasteiger partial charge in [0.1, 0.15) is 5.75 Å². The molecular weight excluding hydrogens is 418 g/mol. The van der Waals surface area contributed by atoms with Gasteiger partial charge in [-0.1, -0.05) is 6.07 Å². The van der Waals surface area contributed by atoms with E-state index >= 15 is 0 Å². The second-order valence-corrected chi connectivity index (χ2v) is 7.04. The molecule has 164 valence electrons. The van der Waals surface area contributed by atoms with Crippen molar-refractivity contribution in [1.29, 1.82) is 0 Å². The Labute approximate surface area is 190 Å². The van der Waals surface area contributed by atoms with Crippen molar-refractivity contribution < 1.29 is 14.3 Å². The van der Waals surface area contributed by atoms with Crippen LogP contribution < -0.4 is 20.8 Å². The van der Waals surface area contributed by atoms with E-state index in [1.54, 1.807) is 49.9 Å². The number of aromatic nitrogens is 1. The number of anilines is 2. The van der Waals surface area contributed by atoms with Gasteiger partial charge in [-0.2, -0.15) is 5.10 Å². The highest BCUT2D eigenvalue weighted by Gasteiger charge is 2.07. The molecule has 3 aromatic carbocycles. The molecule has 0 aliphatic heterocycles. The van der Waals surface area contributed by atoms with Crippen LogP contribution >= 0.6 is 0 Å². The summed E-state index contributed by atoms with van der Waals surface area (Å²) in [6, 6.07) is 22.6. The molecule has 8 heteroatoms. The van der Waals surface area contributed by atoms with Crippen LogP contribution in [0.5, 0.6) is 5.75 Å². The molecule has 3 N–H and O–H groups in total. The Bertz CT molecular complexity index is 1300. The number of hydrazone groups is 1. The zero-order valence-electron chi connectivity index (χ0n) is 17.8. The van der Waals surface area contributed by atoms with Gasteiger partial charge in [-0.25, -0.2) is 10.2 Å². The molecule has 0 saturated heterocycles. The molecule has 0 radical (unpaired) electrons. The van der Waals surface area contributed by atoms with Gasteiger partial charge in [-0.3, -0.25) is 9.78 Å². The van der Waals surface area contributed by atoms with Gasteiger partial charge in [-0.05, 0) is 78.4 Å². The molecule has 1 heterocycles. The van der Waals surface area contributed by atoms with Crippen LogP contribution in [0.2, 0.25) is 0 Å². The van der Waals surface area contributed by atoms with Gasteiger partial charge in [0.25, 0.3) is 5.91 Å². The van der Waals surface area contributed by atoms with Crippen molar-refractivity contribution in [3.05, 3.63) is 96.2 Å². The van der Waals surface area contributed by atoms with Crippen molar-refractivity contribution in [2.75, 3.05) is 17.7 Å². The highest BCUT2D eigenvalue weighted by molar-refractivity contribution is 6.01. The lowest BCUT2D eigenvalue weighted by molar-refractivity contribution is 0.0955. The highest BCUT2D eigenvalue weighted by atomic mass is 16.5. The molecule has 4 aromatic rings. The van der Waals surface area contributed by atoms with Crippen LogP contribution in [0.15, 0.2) is 90.2 Å². The average Bonchev–Trinajstić information content (AvgIpc) is 2.84. The summed E-state index contributed by atoms with van der Waals surface area (Å²) in [6.07, 6.45) is 3.26. The Morgan fingerprint density at radius 1 is 0.909 bits per heavy atom. The van der Waals surface area contributed by atoms with Gasteiger partial charge < -0.3 is 15.4 Å². The summed E-state index contributed by atoms with van der Waals surface area (Å²) in [5, 5.41) is 10.4. The summed E-state index contributed by atoms with van der Waals surface area (Å²) in [6.45, 7) is 0. The van der Waals surface area contributed by atoms with Gasteiger partial charge in [-0.15, -0.1) is 0 Å². The first kappa shape index (κ1) is 21.5. The average molecular weight is 439 g/mol. The van der Waals surface area contributed by atoms with Gasteiger partial charge in [0, 0.05) is 28.5 Å². The normalized spacial score (nSPS) is 10.7. The molecule has 0 saturated carbocycles. The smallest absolute Gasteiger partial charge is 0.323 e. The molecule has 0 bridgehead atoms. The summed E-state index contributed by atoms with van der Waals surface area (Å²) in [7, 11) is 1.60. The molecule has 33 heavy (non-hydrogen) atoms. The fraction of sp³-hybridized carbons (Fsp3) is 0.0400. The topological polar surface area (TPSA) is 105 Å². The lowest BCUT2D eigenvalue weighted by atomic mass is 10.2. The predicted octanol–water partition coefficient (Wildman–Crippen LogP) is 4.65. The Morgan fingerprint density at radius 2 is 1.64 bits per heavy atom. The fourth-order valence-corrected chi connectivity index (χ4v) is 3.07. The number of nitrogens with zero attached hydrogens (tertiary/aromatic N) is 2. The number of hydrogen-bond acceptors (Lipinski definition) is 5. The maximum atomic E-state index is 12.3. The summed E-state index contributed by atoms with van der Waals surface area (Å²) in [5.74, 6) is 0.383. The van der Waals surface area contributed by atoms with Crippen LogP contribution in [0.1, 0.15) is 15.9 Å². The minimum absolute atomic E-state index is 0.361. The number of fused-ring (bicyclic) bond motifs is 1. The number of amides is 3. The lowest BCUT2D eigenvalue weighted by Gasteiger charge is -2.09. The minimum atomic E-state index is -0.389. The summed E-state index contributed by atoms with van der Waals surface area (Å²) < 4.78 is 5.10. The van der Waals surface area contributed by atoms with E-state index in [9.17, 15) is 9.59 Å². The Kier molecular flexibility index (Phi) is 6.56. The SMILES string of the molecule is COc1ccc(C=NNC(=O)c2ccc(NC(=O)Nc3ccc4ncccc4c3)cc2)cc1. The molecule has 0 spiro atoms. The zero-order chi connectivity index (χ0) is 23.0. The first-order chi connectivity index (χ1) is 16.1. The second-order valence-electron chi connectivity index (χ2n) is 7.04. The van der Waals surface area contributed by atoms with E-state index in [1.807, 2.05) is 48.5 Å². The fourth-order valence-electron chi connectivity index (χ4n) is 3.07. The standard InChI is InChI=1S/C25H21N5O3/c1-33-22-11-4-17(5-12-22)16-27-30-24(31)18-6-8-20(9-7-18)28-25(32)29-21-10-13-23-19(15-21)3-2-14-26-23/h2-16H,1H3,(H,30,31)(H2,28,29,32). The molecule has 0 aliphatic rings. The molecule has 1 aromatic heterocycles. The summed E-state index contributed by atoms with van der Waals surface area (Å²) in [4.78, 5) is 28.8. The number of benzene rings is 3. The third-order valence-corrected chi connectivity index (χ3v) is 4.76. The molecule has 8 nitrogen and oxygen atoms in total. The number of methoxy groups -OCH3 is 1. The first-order valence-corrected chi connectivity index (χ1v) is 10.1. The summed E-state index contributed by atoms with van der Waals surface area (Å²) >= 11 is 0. The molecule has 0 fully saturated rings. The summed E-state index contributed by atoms with van der Waals surface area (Å²) in [5.41, 5.74) is 5.77. The number of nitrogens with one attached hydrogen (secondary N) is 3. The van der Waals surface area contributed by atoms with E-state index in [4.69, 9.17) is 4.74 Å². The lowest BCUT2D eigenvalue weighted by Crippen LogP contribution is -2.20. The van der Waals surface area contributed by atoms with Crippen LogP contribution in [-0.4, -0.2) is 30.2 Å². The highest BCUT2D eigenvalue weighted by Crippen LogP contribution is 2.17. The van der Waals surface area contributed by atoms with Crippen LogP contribution in [0.3, 0.4) is 0 Å². The minimum Gasteiger partial charge on any atom is -0.497 e. The molecule has 0 atom stereocenters. The number of carbonyl (C=O) groups excluding carboxylic acids is 2. The van der Waals surface area contributed by atoms with Crippen molar-refractivity contribution in [3.63, 3.8) is 0 Å². The second kappa shape index (κ2) is 10.1. The number of carbonyl (C=O) groups is 2. The van der Waals surface area contributed by atoms with Gasteiger partial charge in [0.2, 0.25) is 0 Å². The van der Waals surface area contributed by atoms with E-state index in [0.717, 1.165) is 22.2 Å². The quantitative estimate of drug-likeness (QED) is 0.300. The van der Waals surface area contributed by atoms with E-state index in [1.165, 1.54) is 0 Å². The Balaban J connectivity index is 1.30. The van der Waals surface area contributed by atoms with E-state index < -0.39 is 0 Å². The van der Waals surface area contributed by atoms with Crippen molar-refractivity contribution in [2.45, 2.75) is 0 Å². The molecule has 3 amide bonds. The van der Waals surface area contributed by atoms with Gasteiger partial charge in [0.15, 0.2) is 0 Å². The van der Waals surface area contributed by atoms with E-state index in [2.05, 4.69) is 26.1 Å². The Hall–Kier alpha value is -4.72. The van der Waals surface area contributed by atoms with Gasteiger partial charge in [0.05, 0.1) is 18.8 Å². The number of hydrogen-bond donors (Lipinski definition) is 3. The van der Waals surface area contributed by atoms with Crippen molar-refractivity contribution >= 4 is 40.4 Å². The number of ether oxygens (including phenoxy) is 1. The molecule has 4 rings (SSSR count). The first-order valence-electron chi connectivity index (χ1n) is 10.1. The van der Waals surface area contributed by atoms with Crippen LogP contribution in [0, 0.1) is 0 Å². The van der Waals surface area contributed by atoms with E-state index in [0.29, 0.717) is 16.9 Å². The van der Waals surface area contributed by atoms with Gasteiger partial charge >= 0.3 is 6.03 Å². The van der Waals surface area contributed by atoms with Crippen LogP contribution in [0.25, 0.3) is 10.9 Å². The van der Waals surface area contributed by atoms with E-state index in [-0.39, 0.29) is 11.9 Å². The maximum Gasteiger partial charge on any atom is 0.323 e. The molecule has 0 aliphatic carbocycles. The zero-order valence-corrected chi connectivity index (χ0v) is 17.8. The predicted molar refractivity (Wildman–Crippen MR) is 129 cm³/mol. The molecule has 0 unspecified atom stereocenters. The number of urea groups is 1. The third-order valence-electron chi connectivity index (χ3n) is 4.76. The van der Waals surface area contributed by atoms with Crippen LogP contribution in [-0.2, 0) is 0 Å². The maximum absolute atomic E-state index is 12.3. The third kappa shape index (κ3) is 5.71. The van der Waals surface area contributed by atoms with Crippen molar-refractivity contribution in [1.82, 2.24) is 10.4 Å². The number of pyridine rings is 1. The van der Waals surface area contributed by atoms with Crippen molar-refractivity contribution in [3.8, 4) is 5.75 Å². The monoisotopic (exact) mass is 439 g/mol. The Morgan fingerprint density at radius 3 is 2.39 bits per heavy atom.